The highest BCUT2D eigenvalue weighted by Gasteiger charge is 2.19. The lowest BCUT2D eigenvalue weighted by molar-refractivity contribution is 0.204. The molecule has 0 bridgehead atoms. The molecule has 1 unspecified atom stereocenters. The van der Waals surface area contributed by atoms with Crippen LogP contribution in [0.25, 0.3) is 0 Å². The largest absolute Gasteiger partial charge is 0.497 e. The van der Waals surface area contributed by atoms with E-state index >= 15 is 0 Å². The number of benzene rings is 1. The summed E-state index contributed by atoms with van der Waals surface area (Å²) in [6.07, 6.45) is 3.59. The van der Waals surface area contributed by atoms with Crippen LogP contribution in [-0.4, -0.2) is 28.9 Å². The molecule has 1 aromatic heterocycles. The van der Waals surface area contributed by atoms with Crippen molar-refractivity contribution in [1.29, 1.82) is 0 Å². The lowest BCUT2D eigenvalue weighted by Crippen LogP contribution is -2.09. The minimum Gasteiger partial charge on any atom is -0.497 e. The molecule has 1 aromatic carbocycles. The summed E-state index contributed by atoms with van der Waals surface area (Å²) >= 11 is 0. The highest BCUT2D eigenvalue weighted by Crippen LogP contribution is 2.32. The molecular formula is C15H20N2O3. The second-order valence-electron chi connectivity index (χ2n) is 4.52. The summed E-state index contributed by atoms with van der Waals surface area (Å²) in [4.78, 5) is 4.12. The van der Waals surface area contributed by atoms with Gasteiger partial charge in [-0.2, -0.15) is 0 Å². The Balaban J connectivity index is 2.41. The fourth-order valence-electron chi connectivity index (χ4n) is 2.20. The number of nitrogens with zero attached hydrogens (tertiary/aromatic N) is 2. The van der Waals surface area contributed by atoms with Gasteiger partial charge in [0.15, 0.2) is 0 Å². The summed E-state index contributed by atoms with van der Waals surface area (Å²) in [5.74, 6) is 1.31. The number of ether oxygens (including phenoxy) is 2. The predicted octanol–water partition coefficient (Wildman–Crippen LogP) is 2.39. The Morgan fingerprint density at radius 3 is 2.75 bits per heavy atom. The van der Waals surface area contributed by atoms with E-state index in [9.17, 15) is 5.11 Å². The minimum atomic E-state index is -0.797. The molecule has 0 spiro atoms. The molecule has 5 heteroatoms. The number of aryl methyl sites for hydroxylation is 1. The number of aliphatic hydroxyl groups is 1. The van der Waals surface area contributed by atoms with Gasteiger partial charge in [-0.15, -0.1) is 0 Å². The van der Waals surface area contributed by atoms with E-state index in [0.29, 0.717) is 17.1 Å². The van der Waals surface area contributed by atoms with Crippen molar-refractivity contribution >= 4 is 0 Å². The Kier molecular flexibility index (Phi) is 4.63. The average molecular weight is 276 g/mol. The van der Waals surface area contributed by atoms with Gasteiger partial charge in [0.2, 0.25) is 0 Å². The van der Waals surface area contributed by atoms with Crippen molar-refractivity contribution < 1.29 is 14.6 Å². The topological polar surface area (TPSA) is 56.5 Å². The Bertz CT molecular complexity index is 566. The molecule has 2 rings (SSSR count). The summed E-state index contributed by atoms with van der Waals surface area (Å²) < 4.78 is 12.5. The normalized spacial score (nSPS) is 12.2. The van der Waals surface area contributed by atoms with Crippen molar-refractivity contribution in [2.45, 2.75) is 26.0 Å². The number of aliphatic hydroxyl groups excluding tert-OH is 1. The first-order chi connectivity index (χ1) is 9.71. The van der Waals surface area contributed by atoms with Crippen molar-refractivity contribution in [3.63, 3.8) is 0 Å². The number of hydrogen-bond donors (Lipinski definition) is 1. The molecule has 0 aliphatic carbocycles. The van der Waals surface area contributed by atoms with Crippen LogP contribution in [0.2, 0.25) is 0 Å². The maximum absolute atomic E-state index is 10.6. The summed E-state index contributed by atoms with van der Waals surface area (Å²) in [6.45, 7) is 2.90. The summed E-state index contributed by atoms with van der Waals surface area (Å²) in [7, 11) is 3.18. The van der Waals surface area contributed by atoms with Gasteiger partial charge in [-0.05, 0) is 24.6 Å². The third-order valence-corrected chi connectivity index (χ3v) is 3.22. The van der Waals surface area contributed by atoms with Gasteiger partial charge in [-0.1, -0.05) is 6.92 Å². The zero-order chi connectivity index (χ0) is 14.5. The zero-order valence-corrected chi connectivity index (χ0v) is 12.0. The van der Waals surface area contributed by atoms with Crippen molar-refractivity contribution in [1.82, 2.24) is 9.55 Å². The smallest absolute Gasteiger partial charge is 0.125 e. The van der Waals surface area contributed by atoms with Crippen LogP contribution in [0.15, 0.2) is 30.7 Å². The van der Waals surface area contributed by atoms with Crippen molar-refractivity contribution in [3.8, 4) is 11.5 Å². The molecule has 0 aliphatic heterocycles. The Morgan fingerprint density at radius 2 is 2.10 bits per heavy atom. The van der Waals surface area contributed by atoms with Crippen LogP contribution in [-0.2, 0) is 6.54 Å². The van der Waals surface area contributed by atoms with E-state index in [1.165, 1.54) is 0 Å². The molecule has 0 saturated carbocycles. The second-order valence-corrected chi connectivity index (χ2v) is 4.52. The fraction of sp³-hybridized carbons (Fsp3) is 0.400. The molecule has 1 atom stereocenters. The highest BCUT2D eigenvalue weighted by molar-refractivity contribution is 5.44. The van der Waals surface area contributed by atoms with Gasteiger partial charge in [0.25, 0.3) is 0 Å². The number of rotatable bonds is 6. The molecule has 2 aromatic rings. The van der Waals surface area contributed by atoms with E-state index < -0.39 is 6.10 Å². The van der Waals surface area contributed by atoms with Crippen molar-refractivity contribution in [2.24, 2.45) is 0 Å². The number of hydrogen-bond acceptors (Lipinski definition) is 4. The minimum absolute atomic E-state index is 0.627. The van der Waals surface area contributed by atoms with Gasteiger partial charge in [0.1, 0.15) is 17.6 Å². The first-order valence-corrected chi connectivity index (χ1v) is 6.61. The first kappa shape index (κ1) is 14.4. The van der Waals surface area contributed by atoms with Gasteiger partial charge in [0.05, 0.1) is 32.4 Å². The van der Waals surface area contributed by atoms with E-state index in [1.54, 1.807) is 44.9 Å². The summed E-state index contributed by atoms with van der Waals surface area (Å²) in [6, 6.07) is 5.38. The number of imidazole rings is 1. The lowest BCUT2D eigenvalue weighted by atomic mass is 10.1. The van der Waals surface area contributed by atoms with Crippen LogP contribution in [0, 0.1) is 0 Å². The summed E-state index contributed by atoms with van der Waals surface area (Å²) in [5, 5.41) is 10.6. The lowest BCUT2D eigenvalue weighted by Gasteiger charge is -2.17. The highest BCUT2D eigenvalue weighted by atomic mass is 16.5. The molecule has 0 saturated heterocycles. The molecule has 1 N–H and O–H groups in total. The van der Waals surface area contributed by atoms with Gasteiger partial charge < -0.3 is 19.1 Å². The van der Waals surface area contributed by atoms with Gasteiger partial charge in [0, 0.05) is 12.1 Å². The van der Waals surface area contributed by atoms with Crippen LogP contribution in [0.1, 0.15) is 30.7 Å². The molecule has 0 aliphatic rings. The third-order valence-electron chi connectivity index (χ3n) is 3.22. The third kappa shape index (κ3) is 2.77. The summed E-state index contributed by atoms with van der Waals surface area (Å²) in [5.41, 5.74) is 1.42. The molecule has 0 radical (unpaired) electrons. The van der Waals surface area contributed by atoms with Gasteiger partial charge in [-0.3, -0.25) is 0 Å². The van der Waals surface area contributed by atoms with Crippen LogP contribution in [0.5, 0.6) is 11.5 Å². The molecular weight excluding hydrogens is 256 g/mol. The monoisotopic (exact) mass is 276 g/mol. The molecule has 1 heterocycles. The first-order valence-electron chi connectivity index (χ1n) is 6.61. The van der Waals surface area contributed by atoms with E-state index in [1.807, 2.05) is 4.57 Å². The Labute approximate surface area is 118 Å². The van der Waals surface area contributed by atoms with Crippen LogP contribution >= 0.6 is 0 Å². The van der Waals surface area contributed by atoms with Crippen LogP contribution in [0.3, 0.4) is 0 Å². The molecule has 0 amide bonds. The average Bonchev–Trinajstić information content (AvgIpc) is 2.94. The van der Waals surface area contributed by atoms with Crippen LogP contribution in [0.4, 0.5) is 0 Å². The van der Waals surface area contributed by atoms with Gasteiger partial charge >= 0.3 is 0 Å². The standard InChI is InChI=1S/C15H20N2O3/c1-4-7-17-10-16-9-13(17)15(18)12-8-11(19-2)5-6-14(12)20-3/h5-6,8-10,15,18H,4,7H2,1-3H3. The number of methoxy groups -OCH3 is 2. The SMILES string of the molecule is CCCn1cncc1C(O)c1cc(OC)ccc1OC. The molecule has 20 heavy (non-hydrogen) atoms. The maximum atomic E-state index is 10.6. The van der Waals surface area contributed by atoms with E-state index in [-0.39, 0.29) is 0 Å². The van der Waals surface area contributed by atoms with Crippen molar-refractivity contribution in [2.75, 3.05) is 14.2 Å². The van der Waals surface area contributed by atoms with E-state index in [0.717, 1.165) is 18.7 Å². The fourth-order valence-corrected chi connectivity index (χ4v) is 2.20. The quantitative estimate of drug-likeness (QED) is 0.880. The Hall–Kier alpha value is -2.01. The molecule has 108 valence electrons. The molecule has 5 nitrogen and oxygen atoms in total. The van der Waals surface area contributed by atoms with Gasteiger partial charge in [-0.25, -0.2) is 4.98 Å². The van der Waals surface area contributed by atoms with Crippen molar-refractivity contribution in [3.05, 3.63) is 42.0 Å². The maximum Gasteiger partial charge on any atom is 0.125 e. The Morgan fingerprint density at radius 1 is 1.30 bits per heavy atom. The van der Waals surface area contributed by atoms with E-state index in [2.05, 4.69) is 11.9 Å². The van der Waals surface area contributed by atoms with Crippen LogP contribution < -0.4 is 9.47 Å². The second kappa shape index (κ2) is 6.43. The predicted molar refractivity (Wildman–Crippen MR) is 76.1 cm³/mol. The zero-order valence-electron chi connectivity index (χ0n) is 12.0. The van der Waals surface area contributed by atoms with E-state index in [4.69, 9.17) is 9.47 Å². The molecule has 0 fully saturated rings. The number of aromatic nitrogens is 2.